The molecule has 238 valence electrons. The van der Waals surface area contributed by atoms with Crippen molar-refractivity contribution in [1.82, 2.24) is 25.1 Å². The van der Waals surface area contributed by atoms with Crippen LogP contribution in [-0.4, -0.2) is 57.8 Å². The average molecular weight is 625 g/mol. The number of sulfone groups is 1. The summed E-state index contributed by atoms with van der Waals surface area (Å²) >= 11 is 0. The molecule has 1 aromatic carbocycles. The molecule has 1 atom stereocenters. The van der Waals surface area contributed by atoms with Crippen molar-refractivity contribution in [3.63, 3.8) is 0 Å². The van der Waals surface area contributed by atoms with Gasteiger partial charge < -0.3 is 25.1 Å². The van der Waals surface area contributed by atoms with E-state index in [1.54, 1.807) is 12.3 Å². The van der Waals surface area contributed by atoms with Crippen LogP contribution in [0, 0.1) is 6.92 Å². The normalized spacial score (nSPS) is 22.9. The molecule has 2 aliphatic carbocycles. The molecular weight excluding hydrogens is 580 g/mol. The van der Waals surface area contributed by atoms with Gasteiger partial charge in [-0.25, -0.2) is 22.9 Å². The summed E-state index contributed by atoms with van der Waals surface area (Å²) in [5.41, 5.74) is 2.44. The first-order valence-electron chi connectivity index (χ1n) is 15.8. The molecule has 1 unspecified atom stereocenters. The number of ether oxygens (including phenoxy) is 2. The van der Waals surface area contributed by atoms with E-state index in [1.807, 2.05) is 50.6 Å². The number of carbonyl (C=O) groups is 1. The van der Waals surface area contributed by atoms with Gasteiger partial charge in [0.25, 0.3) is 0 Å². The molecule has 0 spiro atoms. The van der Waals surface area contributed by atoms with Gasteiger partial charge in [0, 0.05) is 41.6 Å². The third kappa shape index (κ3) is 6.96. The molecule has 2 saturated carbocycles. The van der Waals surface area contributed by atoms with Gasteiger partial charge in [0.05, 0.1) is 22.0 Å². The van der Waals surface area contributed by atoms with E-state index >= 15 is 0 Å². The Morgan fingerprint density at radius 1 is 1.07 bits per heavy atom. The lowest BCUT2D eigenvalue weighted by molar-refractivity contribution is -0.0404. The smallest absolute Gasteiger partial charge is 0.407 e. The monoisotopic (exact) mass is 624 g/mol. The number of hydrogen-bond donors (Lipinski definition) is 3. The maximum Gasteiger partial charge on any atom is 0.407 e. The summed E-state index contributed by atoms with van der Waals surface area (Å²) < 4.78 is 40.5. The number of imidazole rings is 1. The highest BCUT2D eigenvalue weighted by atomic mass is 32.2. The molecule has 3 heterocycles. The summed E-state index contributed by atoms with van der Waals surface area (Å²) in [6, 6.07) is 7.49. The first-order valence-corrected chi connectivity index (χ1v) is 17.4. The molecule has 3 aliphatic rings. The summed E-state index contributed by atoms with van der Waals surface area (Å²) in [6.07, 6.45) is 9.12. The fourth-order valence-electron chi connectivity index (χ4n) is 6.19. The topological polar surface area (TPSA) is 140 Å². The number of anilines is 2. The van der Waals surface area contributed by atoms with E-state index in [4.69, 9.17) is 14.6 Å². The molecule has 1 amide bonds. The minimum Gasteiger partial charge on any atom is -0.444 e. The number of carbonyl (C=O) groups excluding carboxylic acids is 1. The van der Waals surface area contributed by atoms with Crippen LogP contribution in [0.3, 0.4) is 0 Å². The van der Waals surface area contributed by atoms with Crippen molar-refractivity contribution in [3.05, 3.63) is 42.0 Å². The van der Waals surface area contributed by atoms with Crippen LogP contribution >= 0.6 is 0 Å². The van der Waals surface area contributed by atoms with Crippen molar-refractivity contribution in [2.75, 3.05) is 11.9 Å². The number of nitrogens with zero attached hydrogens (tertiary/aromatic N) is 3. The molecule has 0 radical (unpaired) electrons. The van der Waals surface area contributed by atoms with Crippen LogP contribution in [-0.2, 0) is 19.3 Å². The predicted octanol–water partition coefficient (Wildman–Crippen LogP) is 6.51. The van der Waals surface area contributed by atoms with Crippen LogP contribution < -0.4 is 10.6 Å². The summed E-state index contributed by atoms with van der Waals surface area (Å²) in [5.74, 6) is 1.70. The molecule has 11 nitrogen and oxygen atoms in total. The largest absolute Gasteiger partial charge is 0.444 e. The lowest BCUT2D eigenvalue weighted by Crippen LogP contribution is -2.40. The Labute approximate surface area is 259 Å². The zero-order valence-electron chi connectivity index (χ0n) is 26.1. The molecule has 44 heavy (non-hydrogen) atoms. The third-order valence-electron chi connectivity index (χ3n) is 8.60. The van der Waals surface area contributed by atoms with Crippen molar-refractivity contribution in [2.24, 2.45) is 0 Å². The van der Waals surface area contributed by atoms with Gasteiger partial charge in [0.15, 0.2) is 21.9 Å². The second-order valence-corrected chi connectivity index (χ2v) is 15.6. The lowest BCUT2D eigenvalue weighted by Gasteiger charge is -2.29. The van der Waals surface area contributed by atoms with Gasteiger partial charge in [-0.15, -0.1) is 0 Å². The van der Waals surface area contributed by atoms with Crippen LogP contribution in [0.25, 0.3) is 11.3 Å². The zero-order valence-corrected chi connectivity index (χ0v) is 26.9. The molecule has 12 heteroatoms. The lowest BCUT2D eigenvalue weighted by atomic mass is 9.85. The van der Waals surface area contributed by atoms with Crippen molar-refractivity contribution in [3.8, 4) is 11.3 Å². The maximum absolute atomic E-state index is 13.6. The van der Waals surface area contributed by atoms with E-state index < -0.39 is 15.4 Å². The first-order chi connectivity index (χ1) is 21.0. The SMILES string of the molecule is Cc1cc(Nc2ccc(-c3cnc([C@H]4CC[C@H](NC(=O)OC(C)(C)C)CC4)[nH]3)c(S(=O)(=O)C3CC3)c2)nn1C1CCCCO1. The van der Waals surface area contributed by atoms with Crippen LogP contribution in [0.2, 0.25) is 0 Å². The molecule has 3 fully saturated rings. The Bertz CT molecular complexity index is 1590. The molecule has 0 bridgehead atoms. The second kappa shape index (κ2) is 12.2. The summed E-state index contributed by atoms with van der Waals surface area (Å²) in [6.45, 7) is 8.30. The van der Waals surface area contributed by atoms with Gasteiger partial charge in [-0.2, -0.15) is 5.10 Å². The number of aromatic amines is 1. The average Bonchev–Trinajstić information content (AvgIpc) is 3.63. The Morgan fingerprint density at radius 2 is 1.84 bits per heavy atom. The van der Waals surface area contributed by atoms with Crippen LogP contribution in [0.5, 0.6) is 0 Å². The summed E-state index contributed by atoms with van der Waals surface area (Å²) in [5, 5.41) is 10.7. The van der Waals surface area contributed by atoms with Crippen molar-refractivity contribution in [1.29, 1.82) is 0 Å². The zero-order chi connectivity index (χ0) is 31.1. The number of amides is 1. The maximum atomic E-state index is 13.6. The predicted molar refractivity (Wildman–Crippen MR) is 168 cm³/mol. The fraction of sp³-hybridized carbons (Fsp3) is 0.594. The number of aromatic nitrogens is 4. The number of H-pyrrole nitrogens is 1. The van der Waals surface area contributed by atoms with Gasteiger partial charge in [0.2, 0.25) is 0 Å². The molecule has 6 rings (SSSR count). The number of hydrogen-bond acceptors (Lipinski definition) is 8. The summed E-state index contributed by atoms with van der Waals surface area (Å²) in [4.78, 5) is 20.6. The first kappa shape index (κ1) is 30.6. The molecular formula is C32H44N6O5S. The Morgan fingerprint density at radius 3 is 2.52 bits per heavy atom. The van der Waals surface area contributed by atoms with E-state index in [0.29, 0.717) is 40.5 Å². The van der Waals surface area contributed by atoms with Crippen molar-refractivity contribution >= 4 is 27.4 Å². The molecule has 3 aromatic rings. The highest BCUT2D eigenvalue weighted by Crippen LogP contribution is 2.40. The van der Waals surface area contributed by atoms with Gasteiger partial charge in [-0.1, -0.05) is 0 Å². The molecule has 1 aliphatic heterocycles. The molecule has 2 aromatic heterocycles. The van der Waals surface area contributed by atoms with Gasteiger partial charge in [0.1, 0.15) is 11.4 Å². The minimum absolute atomic E-state index is 0.0660. The van der Waals surface area contributed by atoms with Crippen LogP contribution in [0.15, 0.2) is 35.4 Å². The number of rotatable bonds is 8. The minimum atomic E-state index is -3.51. The van der Waals surface area contributed by atoms with Gasteiger partial charge in [-0.3, -0.25) is 0 Å². The third-order valence-corrected chi connectivity index (χ3v) is 10.9. The van der Waals surface area contributed by atoms with E-state index in [2.05, 4.69) is 20.6 Å². The van der Waals surface area contributed by atoms with E-state index in [0.717, 1.165) is 63.1 Å². The number of aryl methyl sites for hydroxylation is 1. The Hall–Kier alpha value is -3.38. The highest BCUT2D eigenvalue weighted by molar-refractivity contribution is 7.92. The Kier molecular flexibility index (Phi) is 8.49. The second-order valence-electron chi connectivity index (χ2n) is 13.4. The quantitative estimate of drug-likeness (QED) is 0.258. The number of benzene rings is 1. The molecule has 3 N–H and O–H groups in total. The highest BCUT2D eigenvalue weighted by Gasteiger charge is 2.39. The van der Waals surface area contributed by atoms with E-state index in [9.17, 15) is 13.2 Å². The van der Waals surface area contributed by atoms with Gasteiger partial charge in [-0.05, 0) is 104 Å². The van der Waals surface area contributed by atoms with Gasteiger partial charge >= 0.3 is 6.09 Å². The van der Waals surface area contributed by atoms with Crippen LogP contribution in [0.1, 0.15) is 102 Å². The Balaban J connectivity index is 1.18. The van der Waals surface area contributed by atoms with Crippen LogP contribution in [0.4, 0.5) is 16.3 Å². The van der Waals surface area contributed by atoms with E-state index in [-0.39, 0.29) is 29.5 Å². The fourth-order valence-corrected chi connectivity index (χ4v) is 8.08. The summed E-state index contributed by atoms with van der Waals surface area (Å²) in [7, 11) is -3.51. The van der Waals surface area contributed by atoms with Crippen molar-refractivity contribution < 1.29 is 22.7 Å². The number of alkyl carbamates (subject to hydrolysis) is 1. The number of nitrogens with one attached hydrogen (secondary N) is 3. The van der Waals surface area contributed by atoms with E-state index in [1.165, 1.54) is 0 Å². The molecule has 1 saturated heterocycles. The standard InChI is InChI=1S/C32H44N6O5S/c1-20-17-28(37-38(20)29-7-5-6-16-42-29)34-23-12-15-25(27(18-23)44(40,41)24-13-14-24)26-19-33-30(36-26)21-8-10-22(11-9-21)35-31(39)43-32(2,3)4/h12,15,17-19,21-22,24,29H,5-11,13-14,16H2,1-4H3,(H,33,36)(H,34,37)(H,35,39)/t21-,22-,29?. The van der Waals surface area contributed by atoms with Crippen molar-refractivity contribution in [2.45, 2.75) is 119 Å².